The number of nitrogens with two attached hydrogens (primary N) is 1. The molecule has 1 aliphatic heterocycles. The van der Waals surface area contributed by atoms with Crippen LogP contribution >= 0.6 is 11.6 Å². The molecule has 0 aromatic heterocycles. The van der Waals surface area contributed by atoms with Gasteiger partial charge in [-0.05, 0) is 12.1 Å². The molecule has 0 radical (unpaired) electrons. The third-order valence-electron chi connectivity index (χ3n) is 2.45. The summed E-state index contributed by atoms with van der Waals surface area (Å²) >= 11 is 5.99. The Hall–Kier alpha value is -1.46. The van der Waals surface area contributed by atoms with Crippen LogP contribution in [-0.4, -0.2) is 25.3 Å². The zero-order valence-corrected chi connectivity index (χ0v) is 9.87. The van der Waals surface area contributed by atoms with Crippen LogP contribution in [0.5, 0.6) is 5.75 Å². The highest BCUT2D eigenvalue weighted by molar-refractivity contribution is 6.31. The van der Waals surface area contributed by atoms with E-state index in [2.05, 4.69) is 5.32 Å². The highest BCUT2D eigenvalue weighted by atomic mass is 35.5. The topological polar surface area (TPSA) is 73.6 Å². The molecule has 1 amide bonds. The first-order valence-electron chi connectivity index (χ1n) is 5.25. The quantitative estimate of drug-likeness (QED) is 0.851. The molecule has 0 aliphatic carbocycles. The summed E-state index contributed by atoms with van der Waals surface area (Å²) in [6.07, 6.45) is -0.684. The van der Waals surface area contributed by atoms with E-state index in [4.69, 9.17) is 26.8 Å². The maximum absolute atomic E-state index is 10.8. The van der Waals surface area contributed by atoms with Crippen molar-refractivity contribution >= 4 is 17.7 Å². The van der Waals surface area contributed by atoms with E-state index in [1.54, 1.807) is 18.2 Å². The molecular formula is C11H13ClN2O3. The first-order valence-corrected chi connectivity index (χ1v) is 5.63. The zero-order chi connectivity index (χ0) is 12.3. The molecule has 6 heteroatoms. The maximum Gasteiger partial charge on any atom is 0.407 e. The van der Waals surface area contributed by atoms with Crippen molar-refractivity contribution < 1.29 is 14.3 Å². The summed E-state index contributed by atoms with van der Waals surface area (Å²) in [5.41, 5.74) is 6.35. The Morgan fingerprint density at radius 3 is 3.06 bits per heavy atom. The number of amides is 1. The Labute approximate surface area is 104 Å². The van der Waals surface area contributed by atoms with Crippen molar-refractivity contribution in [2.45, 2.75) is 12.6 Å². The molecular weight excluding hydrogens is 244 g/mol. The number of ether oxygens (including phenoxy) is 2. The van der Waals surface area contributed by atoms with Gasteiger partial charge in [-0.2, -0.15) is 0 Å². The van der Waals surface area contributed by atoms with Crippen molar-refractivity contribution in [3.63, 3.8) is 0 Å². The van der Waals surface area contributed by atoms with E-state index in [0.29, 0.717) is 23.9 Å². The van der Waals surface area contributed by atoms with Crippen LogP contribution in [0.25, 0.3) is 0 Å². The zero-order valence-electron chi connectivity index (χ0n) is 9.11. The summed E-state index contributed by atoms with van der Waals surface area (Å²) in [6.45, 7) is 1.04. The SMILES string of the molecule is NCc1c(Cl)cccc1OCC1CNC(=O)O1. The van der Waals surface area contributed by atoms with E-state index in [0.717, 1.165) is 5.56 Å². The second kappa shape index (κ2) is 5.25. The largest absolute Gasteiger partial charge is 0.489 e. The Morgan fingerprint density at radius 2 is 2.41 bits per heavy atom. The van der Waals surface area contributed by atoms with Gasteiger partial charge in [0.05, 0.1) is 6.54 Å². The fourth-order valence-electron chi connectivity index (χ4n) is 1.58. The predicted molar refractivity (Wildman–Crippen MR) is 63.1 cm³/mol. The number of hydrogen-bond donors (Lipinski definition) is 2. The normalized spacial score (nSPS) is 18.7. The molecule has 1 unspecified atom stereocenters. The summed E-state index contributed by atoms with van der Waals surface area (Å²) < 4.78 is 10.5. The van der Waals surface area contributed by atoms with Crippen LogP contribution < -0.4 is 15.8 Å². The molecule has 1 saturated heterocycles. The third-order valence-corrected chi connectivity index (χ3v) is 2.81. The average Bonchev–Trinajstić information content (AvgIpc) is 2.72. The molecule has 1 atom stereocenters. The fourth-order valence-corrected chi connectivity index (χ4v) is 1.82. The number of carbonyl (C=O) groups is 1. The summed E-state index contributed by atoms with van der Waals surface area (Å²) in [6, 6.07) is 5.34. The number of carbonyl (C=O) groups excluding carboxylic acids is 1. The summed E-state index contributed by atoms with van der Waals surface area (Å²) in [5, 5.41) is 3.13. The van der Waals surface area contributed by atoms with Gasteiger partial charge in [0.15, 0.2) is 6.10 Å². The second-order valence-corrected chi connectivity index (χ2v) is 4.05. The molecule has 5 nitrogen and oxygen atoms in total. The molecule has 3 N–H and O–H groups in total. The smallest absolute Gasteiger partial charge is 0.407 e. The highest BCUT2D eigenvalue weighted by Crippen LogP contribution is 2.26. The van der Waals surface area contributed by atoms with Gasteiger partial charge in [-0.15, -0.1) is 0 Å². The summed E-state index contributed by atoms with van der Waals surface area (Å²) in [5.74, 6) is 0.628. The van der Waals surface area contributed by atoms with Gasteiger partial charge in [0, 0.05) is 17.1 Å². The molecule has 1 aromatic rings. The molecule has 17 heavy (non-hydrogen) atoms. The first kappa shape index (κ1) is 12.0. The lowest BCUT2D eigenvalue weighted by Crippen LogP contribution is -2.22. The van der Waals surface area contributed by atoms with Crippen LogP contribution in [0.2, 0.25) is 5.02 Å². The lowest BCUT2D eigenvalue weighted by Gasteiger charge is -2.13. The van der Waals surface area contributed by atoms with E-state index < -0.39 is 6.09 Å². The van der Waals surface area contributed by atoms with Gasteiger partial charge in [0.1, 0.15) is 12.4 Å². The van der Waals surface area contributed by atoms with Crippen LogP contribution in [0.3, 0.4) is 0 Å². The van der Waals surface area contributed by atoms with Crippen LogP contribution in [0, 0.1) is 0 Å². The van der Waals surface area contributed by atoms with Gasteiger partial charge < -0.3 is 20.5 Å². The van der Waals surface area contributed by atoms with Crippen LogP contribution in [-0.2, 0) is 11.3 Å². The minimum atomic E-state index is -0.413. The van der Waals surface area contributed by atoms with E-state index in [1.807, 2.05) is 0 Å². The van der Waals surface area contributed by atoms with Gasteiger partial charge in [-0.1, -0.05) is 17.7 Å². The molecule has 1 heterocycles. The molecule has 2 rings (SSSR count). The van der Waals surface area contributed by atoms with Crippen molar-refractivity contribution in [3.05, 3.63) is 28.8 Å². The Bertz CT molecular complexity index is 425. The minimum Gasteiger partial charge on any atom is -0.489 e. The van der Waals surface area contributed by atoms with Gasteiger partial charge in [-0.3, -0.25) is 0 Å². The number of nitrogens with one attached hydrogen (secondary N) is 1. The second-order valence-electron chi connectivity index (χ2n) is 3.64. The Balaban J connectivity index is 1.99. The van der Waals surface area contributed by atoms with Crippen LogP contribution in [0.15, 0.2) is 18.2 Å². The lowest BCUT2D eigenvalue weighted by atomic mass is 10.2. The molecule has 0 bridgehead atoms. The van der Waals surface area contributed by atoms with Crippen molar-refractivity contribution in [2.75, 3.05) is 13.2 Å². The highest BCUT2D eigenvalue weighted by Gasteiger charge is 2.23. The number of cyclic esters (lactones) is 1. The standard InChI is InChI=1S/C11H13ClN2O3/c12-9-2-1-3-10(8(9)4-13)16-6-7-5-14-11(15)17-7/h1-3,7H,4-6,13H2,(H,14,15). The first-order chi connectivity index (χ1) is 8.20. The molecule has 1 aliphatic rings. The fraction of sp³-hybridized carbons (Fsp3) is 0.364. The van der Waals surface area contributed by atoms with Crippen molar-refractivity contribution in [1.29, 1.82) is 0 Å². The Kier molecular flexibility index (Phi) is 3.71. The van der Waals surface area contributed by atoms with Crippen molar-refractivity contribution in [2.24, 2.45) is 5.73 Å². The van der Waals surface area contributed by atoms with E-state index in [-0.39, 0.29) is 12.7 Å². The van der Waals surface area contributed by atoms with Gasteiger partial charge >= 0.3 is 6.09 Å². The number of rotatable bonds is 4. The van der Waals surface area contributed by atoms with Crippen LogP contribution in [0.4, 0.5) is 4.79 Å². The number of benzene rings is 1. The van der Waals surface area contributed by atoms with Crippen molar-refractivity contribution in [1.82, 2.24) is 5.32 Å². The predicted octanol–water partition coefficient (Wildman–Crippen LogP) is 1.29. The van der Waals surface area contributed by atoms with Gasteiger partial charge in [-0.25, -0.2) is 4.79 Å². The van der Waals surface area contributed by atoms with E-state index >= 15 is 0 Å². The number of hydrogen-bond acceptors (Lipinski definition) is 4. The number of alkyl carbamates (subject to hydrolysis) is 1. The summed E-state index contributed by atoms with van der Waals surface area (Å²) in [4.78, 5) is 10.8. The van der Waals surface area contributed by atoms with Gasteiger partial charge in [0.25, 0.3) is 0 Å². The van der Waals surface area contributed by atoms with E-state index in [1.165, 1.54) is 0 Å². The summed E-state index contributed by atoms with van der Waals surface area (Å²) in [7, 11) is 0. The van der Waals surface area contributed by atoms with E-state index in [9.17, 15) is 4.79 Å². The minimum absolute atomic E-state index is 0.271. The Morgan fingerprint density at radius 1 is 1.59 bits per heavy atom. The molecule has 92 valence electrons. The lowest BCUT2D eigenvalue weighted by molar-refractivity contribution is 0.104. The molecule has 0 spiro atoms. The van der Waals surface area contributed by atoms with Crippen LogP contribution in [0.1, 0.15) is 5.56 Å². The molecule has 1 fully saturated rings. The third kappa shape index (κ3) is 2.81. The monoisotopic (exact) mass is 256 g/mol. The number of halogens is 1. The van der Waals surface area contributed by atoms with Crippen molar-refractivity contribution in [3.8, 4) is 5.75 Å². The molecule has 1 aromatic carbocycles. The average molecular weight is 257 g/mol. The maximum atomic E-state index is 10.8. The molecule has 0 saturated carbocycles. The van der Waals surface area contributed by atoms with Gasteiger partial charge in [0.2, 0.25) is 0 Å².